The fourth-order valence-corrected chi connectivity index (χ4v) is 1.26. The second kappa shape index (κ2) is 2.83. The fraction of sp³-hybridized carbons (Fsp3) is 0.375. The number of alkyl halides is 1. The monoisotopic (exact) mass is 186 g/mol. The predicted octanol–water partition coefficient (Wildman–Crippen LogP) is 0.642. The van der Waals surface area contributed by atoms with E-state index >= 15 is 0 Å². The molecule has 0 heterocycles. The summed E-state index contributed by atoms with van der Waals surface area (Å²) < 4.78 is 0. The van der Waals surface area contributed by atoms with Crippen LogP contribution in [0.5, 0.6) is 0 Å². The first-order valence-electron chi connectivity index (χ1n) is 3.59. The molecule has 4 N–H and O–H groups in total. The Morgan fingerprint density at radius 1 is 1.67 bits per heavy atom. The molecule has 1 amide bonds. The number of halogens is 1. The number of amides is 1. The van der Waals surface area contributed by atoms with Gasteiger partial charge in [0, 0.05) is 17.7 Å². The van der Waals surface area contributed by atoms with Crippen molar-refractivity contribution in [3.8, 4) is 0 Å². The second-order valence-electron chi connectivity index (χ2n) is 3.05. The Kier molecular flexibility index (Phi) is 2.15. The summed E-state index contributed by atoms with van der Waals surface area (Å²) in [5.74, 6) is -0.439. The zero-order chi connectivity index (χ0) is 9.35. The largest absolute Gasteiger partial charge is 0.401 e. The Hall–Kier alpha value is -0.960. The van der Waals surface area contributed by atoms with Crippen LogP contribution in [0.15, 0.2) is 23.4 Å². The molecule has 0 aliphatic heterocycles. The summed E-state index contributed by atoms with van der Waals surface area (Å²) in [6, 6.07) is 0. The number of rotatable bonds is 1. The maximum atomic E-state index is 10.8. The summed E-state index contributed by atoms with van der Waals surface area (Å²) in [5.41, 5.74) is 11.8. The van der Waals surface area contributed by atoms with Gasteiger partial charge in [0.25, 0.3) is 0 Å². The van der Waals surface area contributed by atoms with Crippen LogP contribution in [0.4, 0.5) is 0 Å². The molecular weight excluding hydrogens is 176 g/mol. The van der Waals surface area contributed by atoms with Gasteiger partial charge < -0.3 is 11.5 Å². The van der Waals surface area contributed by atoms with Crippen LogP contribution in [-0.4, -0.2) is 10.8 Å². The number of allylic oxidation sites excluding steroid dienone is 3. The van der Waals surface area contributed by atoms with E-state index in [-0.39, 0.29) is 0 Å². The number of hydrogen-bond donors (Lipinski definition) is 2. The standard InChI is InChI=1S/C8H11ClN2O/c1-8(9)4-5(7(11)12)2-3-6(8)10/h2-3H,4,10H2,1H3,(H2,11,12)/t8-/m0/s1. The van der Waals surface area contributed by atoms with Crippen LogP contribution in [0, 0.1) is 0 Å². The smallest absolute Gasteiger partial charge is 0.244 e. The van der Waals surface area contributed by atoms with E-state index in [2.05, 4.69) is 0 Å². The van der Waals surface area contributed by atoms with Crippen LogP contribution in [0.1, 0.15) is 13.3 Å². The molecule has 3 nitrogen and oxygen atoms in total. The van der Waals surface area contributed by atoms with Gasteiger partial charge in [0.2, 0.25) is 5.91 Å². The highest BCUT2D eigenvalue weighted by Crippen LogP contribution is 2.32. The molecule has 1 aliphatic carbocycles. The van der Waals surface area contributed by atoms with Gasteiger partial charge in [-0.3, -0.25) is 4.79 Å². The molecule has 0 bridgehead atoms. The number of nitrogens with two attached hydrogens (primary N) is 2. The third-order valence-electron chi connectivity index (χ3n) is 1.90. The molecule has 12 heavy (non-hydrogen) atoms. The zero-order valence-corrected chi connectivity index (χ0v) is 7.56. The molecule has 0 aromatic rings. The van der Waals surface area contributed by atoms with Crippen LogP contribution in [-0.2, 0) is 4.79 Å². The molecule has 1 aliphatic rings. The molecule has 0 aromatic heterocycles. The summed E-state index contributed by atoms with van der Waals surface area (Å²) in [6.07, 6.45) is 3.63. The molecular formula is C8H11ClN2O. The van der Waals surface area contributed by atoms with Crippen molar-refractivity contribution in [1.29, 1.82) is 0 Å². The molecule has 0 aromatic carbocycles. The minimum Gasteiger partial charge on any atom is -0.401 e. The third-order valence-corrected chi connectivity index (χ3v) is 2.26. The lowest BCUT2D eigenvalue weighted by molar-refractivity contribution is -0.114. The number of carbonyl (C=O) groups excluding carboxylic acids is 1. The van der Waals surface area contributed by atoms with Gasteiger partial charge in [-0.2, -0.15) is 0 Å². The SMILES string of the molecule is C[C@]1(Cl)CC(C(N)=O)=CC=C1N. The first kappa shape index (κ1) is 9.13. The van der Waals surface area contributed by atoms with Crippen molar-refractivity contribution in [3.63, 3.8) is 0 Å². The summed E-state index contributed by atoms with van der Waals surface area (Å²) in [6.45, 7) is 1.76. The molecule has 66 valence electrons. The van der Waals surface area contributed by atoms with Gasteiger partial charge in [-0.05, 0) is 13.0 Å². The predicted molar refractivity (Wildman–Crippen MR) is 48.4 cm³/mol. The first-order valence-corrected chi connectivity index (χ1v) is 3.97. The average Bonchev–Trinajstić information content (AvgIpc) is 1.94. The van der Waals surface area contributed by atoms with E-state index in [1.165, 1.54) is 0 Å². The van der Waals surface area contributed by atoms with Crippen LogP contribution in [0.3, 0.4) is 0 Å². The van der Waals surface area contributed by atoms with E-state index in [0.717, 1.165) is 0 Å². The highest BCUT2D eigenvalue weighted by atomic mass is 35.5. The van der Waals surface area contributed by atoms with Gasteiger partial charge >= 0.3 is 0 Å². The van der Waals surface area contributed by atoms with Crippen molar-refractivity contribution in [1.82, 2.24) is 0 Å². The lowest BCUT2D eigenvalue weighted by Crippen LogP contribution is -2.31. The lowest BCUT2D eigenvalue weighted by atomic mass is 9.92. The quantitative estimate of drug-likeness (QED) is 0.591. The van der Waals surface area contributed by atoms with Gasteiger partial charge in [0.15, 0.2) is 0 Å². The van der Waals surface area contributed by atoms with Gasteiger partial charge in [-0.1, -0.05) is 6.08 Å². The maximum absolute atomic E-state index is 10.8. The highest BCUT2D eigenvalue weighted by Gasteiger charge is 2.29. The topological polar surface area (TPSA) is 69.1 Å². The highest BCUT2D eigenvalue weighted by molar-refractivity contribution is 6.26. The molecule has 1 atom stereocenters. The summed E-state index contributed by atoms with van der Waals surface area (Å²) in [5, 5.41) is 0. The molecule has 0 spiro atoms. The van der Waals surface area contributed by atoms with Gasteiger partial charge in [-0.25, -0.2) is 0 Å². The van der Waals surface area contributed by atoms with Crippen molar-refractivity contribution in [2.24, 2.45) is 11.5 Å². The van der Waals surface area contributed by atoms with Gasteiger partial charge in [0.05, 0.1) is 4.87 Å². The maximum Gasteiger partial charge on any atom is 0.244 e. The number of carbonyl (C=O) groups is 1. The molecule has 4 heteroatoms. The van der Waals surface area contributed by atoms with Crippen LogP contribution in [0.2, 0.25) is 0 Å². The number of hydrogen-bond acceptors (Lipinski definition) is 2. The van der Waals surface area contributed by atoms with E-state index in [1.54, 1.807) is 19.1 Å². The Bertz CT molecular complexity index is 279. The summed E-state index contributed by atoms with van der Waals surface area (Å²) >= 11 is 6.02. The zero-order valence-electron chi connectivity index (χ0n) is 6.80. The van der Waals surface area contributed by atoms with E-state index in [9.17, 15) is 4.79 Å². The Balaban J connectivity index is 2.95. The number of primary amides is 1. The van der Waals surface area contributed by atoms with E-state index in [0.29, 0.717) is 17.7 Å². The van der Waals surface area contributed by atoms with Crippen molar-refractivity contribution >= 4 is 17.5 Å². The van der Waals surface area contributed by atoms with E-state index in [1.807, 2.05) is 0 Å². The normalized spacial score (nSPS) is 29.2. The van der Waals surface area contributed by atoms with Crippen molar-refractivity contribution < 1.29 is 4.79 Å². The molecule has 0 unspecified atom stereocenters. The van der Waals surface area contributed by atoms with Gasteiger partial charge in [0.1, 0.15) is 0 Å². The van der Waals surface area contributed by atoms with Gasteiger partial charge in [-0.15, -0.1) is 11.6 Å². The van der Waals surface area contributed by atoms with Crippen LogP contribution < -0.4 is 11.5 Å². The summed E-state index contributed by atoms with van der Waals surface area (Å²) in [4.78, 5) is 10.1. The van der Waals surface area contributed by atoms with Crippen molar-refractivity contribution in [2.45, 2.75) is 18.2 Å². The summed E-state index contributed by atoms with van der Waals surface area (Å²) in [7, 11) is 0. The Labute approximate surface area is 76.1 Å². The van der Waals surface area contributed by atoms with E-state index < -0.39 is 10.8 Å². The fourth-order valence-electron chi connectivity index (χ4n) is 1.05. The minimum absolute atomic E-state index is 0.395. The molecule has 1 rings (SSSR count). The van der Waals surface area contributed by atoms with Crippen molar-refractivity contribution in [2.75, 3.05) is 0 Å². The van der Waals surface area contributed by atoms with Crippen molar-refractivity contribution in [3.05, 3.63) is 23.4 Å². The second-order valence-corrected chi connectivity index (χ2v) is 3.89. The first-order chi connectivity index (χ1) is 5.43. The lowest BCUT2D eigenvalue weighted by Gasteiger charge is -2.25. The molecule has 0 saturated heterocycles. The Morgan fingerprint density at radius 2 is 2.25 bits per heavy atom. The molecule has 0 fully saturated rings. The average molecular weight is 187 g/mol. The van der Waals surface area contributed by atoms with Crippen LogP contribution in [0.25, 0.3) is 0 Å². The van der Waals surface area contributed by atoms with Crippen LogP contribution >= 0.6 is 11.6 Å². The third kappa shape index (κ3) is 1.61. The molecule has 0 radical (unpaired) electrons. The Morgan fingerprint density at radius 3 is 2.67 bits per heavy atom. The van der Waals surface area contributed by atoms with E-state index in [4.69, 9.17) is 23.1 Å². The minimum atomic E-state index is -0.668. The molecule has 0 saturated carbocycles.